The fourth-order valence-corrected chi connectivity index (χ4v) is 1.73. The van der Waals surface area contributed by atoms with E-state index in [0.29, 0.717) is 6.61 Å². The van der Waals surface area contributed by atoms with Crippen molar-refractivity contribution in [3.63, 3.8) is 0 Å². The van der Waals surface area contributed by atoms with Crippen molar-refractivity contribution in [1.29, 1.82) is 0 Å². The van der Waals surface area contributed by atoms with Gasteiger partial charge in [-0.3, -0.25) is 0 Å². The number of hydrogen-bond acceptors (Lipinski definition) is 4. The molecule has 0 radical (unpaired) electrons. The van der Waals surface area contributed by atoms with Gasteiger partial charge in [-0.15, -0.1) is 0 Å². The lowest BCUT2D eigenvalue weighted by molar-refractivity contribution is 0.106. The molecular formula is C10H15N3O. The Morgan fingerprint density at radius 2 is 2.21 bits per heavy atom. The van der Waals surface area contributed by atoms with Gasteiger partial charge in [0.25, 0.3) is 0 Å². The minimum atomic E-state index is -0.398. The van der Waals surface area contributed by atoms with E-state index >= 15 is 0 Å². The Kier molecular flexibility index (Phi) is 2.25. The minimum absolute atomic E-state index is 0.398. The monoisotopic (exact) mass is 193 g/mol. The van der Waals surface area contributed by atoms with Crippen LogP contribution in [0.25, 0.3) is 0 Å². The van der Waals surface area contributed by atoms with E-state index in [4.69, 9.17) is 10.5 Å². The topological polar surface area (TPSA) is 61.0 Å². The zero-order chi connectivity index (χ0) is 10.2. The molecule has 0 atom stereocenters. The van der Waals surface area contributed by atoms with Crippen LogP contribution in [0.15, 0.2) is 6.33 Å². The fourth-order valence-electron chi connectivity index (χ4n) is 1.73. The van der Waals surface area contributed by atoms with E-state index in [9.17, 15) is 0 Å². The Labute approximate surface area is 83.5 Å². The molecule has 0 bridgehead atoms. The summed E-state index contributed by atoms with van der Waals surface area (Å²) in [5.41, 5.74) is 8.76. The van der Waals surface area contributed by atoms with Gasteiger partial charge in [0.2, 0.25) is 0 Å². The minimum Gasteiger partial charge on any atom is -0.375 e. The molecule has 1 aromatic heterocycles. The third-order valence-corrected chi connectivity index (χ3v) is 2.38. The van der Waals surface area contributed by atoms with Gasteiger partial charge in [-0.05, 0) is 20.3 Å². The maximum Gasteiger partial charge on any atom is 0.116 e. The van der Waals surface area contributed by atoms with Gasteiger partial charge in [0, 0.05) is 5.56 Å². The molecule has 0 spiro atoms. The van der Waals surface area contributed by atoms with Crippen LogP contribution in [0.3, 0.4) is 0 Å². The Balaban J connectivity index is 2.51. The summed E-state index contributed by atoms with van der Waals surface area (Å²) in [5, 5.41) is 0. The molecule has 76 valence electrons. The Hall–Kier alpha value is -1.00. The number of hydrogen-bond donors (Lipinski definition) is 1. The molecule has 0 fully saturated rings. The van der Waals surface area contributed by atoms with Crippen molar-refractivity contribution < 1.29 is 4.74 Å². The average molecular weight is 193 g/mol. The molecule has 2 N–H and O–H groups in total. The van der Waals surface area contributed by atoms with Crippen LogP contribution in [0.2, 0.25) is 0 Å². The first-order valence-corrected chi connectivity index (χ1v) is 4.79. The summed E-state index contributed by atoms with van der Waals surface area (Å²) < 4.78 is 5.33. The Bertz CT molecular complexity index is 344. The molecule has 4 nitrogen and oxygen atoms in total. The first-order chi connectivity index (χ1) is 6.59. The normalized spacial score (nSPS) is 16.5. The molecule has 0 amide bonds. The molecule has 2 rings (SSSR count). The van der Waals surface area contributed by atoms with Crippen LogP contribution in [0, 0.1) is 0 Å². The maximum absolute atomic E-state index is 6.05. The van der Waals surface area contributed by atoms with Gasteiger partial charge in [0.15, 0.2) is 0 Å². The average Bonchev–Trinajstić information content (AvgIpc) is 2.15. The summed E-state index contributed by atoms with van der Waals surface area (Å²) in [6, 6.07) is 0. The highest BCUT2D eigenvalue weighted by Crippen LogP contribution is 2.23. The van der Waals surface area contributed by atoms with Crippen molar-refractivity contribution in [2.75, 3.05) is 6.61 Å². The van der Waals surface area contributed by atoms with Crippen molar-refractivity contribution >= 4 is 0 Å². The number of nitrogens with zero attached hydrogens (tertiary/aromatic N) is 2. The van der Waals surface area contributed by atoms with E-state index in [1.165, 1.54) is 5.56 Å². The van der Waals surface area contributed by atoms with Crippen LogP contribution in [-0.2, 0) is 23.3 Å². The van der Waals surface area contributed by atoms with Crippen LogP contribution in [0.5, 0.6) is 0 Å². The zero-order valence-corrected chi connectivity index (χ0v) is 8.58. The van der Waals surface area contributed by atoms with Crippen molar-refractivity contribution in [3.05, 3.63) is 23.3 Å². The number of nitrogens with two attached hydrogens (primary N) is 1. The van der Waals surface area contributed by atoms with E-state index in [1.54, 1.807) is 6.33 Å². The van der Waals surface area contributed by atoms with Crippen molar-refractivity contribution in [2.24, 2.45) is 5.73 Å². The second-order valence-electron chi connectivity index (χ2n) is 4.17. The molecule has 1 aliphatic rings. The highest BCUT2D eigenvalue weighted by Gasteiger charge is 2.24. The number of fused-ring (bicyclic) bond motifs is 1. The summed E-state index contributed by atoms with van der Waals surface area (Å²) in [6.45, 7) is 5.25. The van der Waals surface area contributed by atoms with Crippen LogP contribution < -0.4 is 5.73 Å². The fraction of sp³-hybridized carbons (Fsp3) is 0.600. The summed E-state index contributed by atoms with van der Waals surface area (Å²) in [6.07, 6.45) is 2.43. The SMILES string of the molecule is CC(C)(N)c1ncnc2c1CCOC2. The molecule has 4 heteroatoms. The van der Waals surface area contributed by atoms with E-state index in [2.05, 4.69) is 9.97 Å². The van der Waals surface area contributed by atoms with Gasteiger partial charge in [-0.2, -0.15) is 0 Å². The lowest BCUT2D eigenvalue weighted by Crippen LogP contribution is -2.33. The van der Waals surface area contributed by atoms with Crippen LogP contribution in [-0.4, -0.2) is 16.6 Å². The van der Waals surface area contributed by atoms with E-state index < -0.39 is 5.54 Å². The van der Waals surface area contributed by atoms with Gasteiger partial charge in [0.05, 0.1) is 30.1 Å². The molecule has 1 aromatic rings. The van der Waals surface area contributed by atoms with Crippen LogP contribution in [0.4, 0.5) is 0 Å². The predicted octanol–water partition coefficient (Wildman–Crippen LogP) is 0.743. The first-order valence-electron chi connectivity index (χ1n) is 4.79. The zero-order valence-electron chi connectivity index (χ0n) is 8.58. The molecule has 0 aliphatic carbocycles. The summed E-state index contributed by atoms with van der Waals surface area (Å²) in [5.74, 6) is 0. The summed E-state index contributed by atoms with van der Waals surface area (Å²) in [7, 11) is 0. The van der Waals surface area contributed by atoms with E-state index in [0.717, 1.165) is 24.4 Å². The molecule has 0 saturated heterocycles. The third kappa shape index (κ3) is 1.63. The summed E-state index contributed by atoms with van der Waals surface area (Å²) in [4.78, 5) is 8.47. The summed E-state index contributed by atoms with van der Waals surface area (Å²) >= 11 is 0. The highest BCUT2D eigenvalue weighted by molar-refractivity contribution is 5.30. The van der Waals surface area contributed by atoms with Crippen molar-refractivity contribution in [1.82, 2.24) is 9.97 Å². The number of aromatic nitrogens is 2. The highest BCUT2D eigenvalue weighted by atomic mass is 16.5. The quantitative estimate of drug-likeness (QED) is 0.714. The second kappa shape index (κ2) is 3.29. The van der Waals surface area contributed by atoms with E-state index in [-0.39, 0.29) is 0 Å². The molecule has 0 aromatic carbocycles. The largest absolute Gasteiger partial charge is 0.375 e. The van der Waals surface area contributed by atoms with Crippen LogP contribution >= 0.6 is 0 Å². The van der Waals surface area contributed by atoms with Crippen molar-refractivity contribution in [3.8, 4) is 0 Å². The Morgan fingerprint density at radius 3 is 2.93 bits per heavy atom. The standard InChI is InChI=1S/C10H15N3O/c1-10(2,11)9-7-3-4-14-5-8(7)12-6-13-9/h6H,3-5,11H2,1-2H3. The molecular weight excluding hydrogens is 178 g/mol. The third-order valence-electron chi connectivity index (χ3n) is 2.38. The predicted molar refractivity (Wildman–Crippen MR) is 52.6 cm³/mol. The smallest absolute Gasteiger partial charge is 0.116 e. The lowest BCUT2D eigenvalue weighted by atomic mass is 9.93. The molecule has 1 aliphatic heterocycles. The molecule has 0 saturated carbocycles. The van der Waals surface area contributed by atoms with Gasteiger partial charge < -0.3 is 10.5 Å². The van der Waals surface area contributed by atoms with Gasteiger partial charge in [-0.25, -0.2) is 9.97 Å². The Morgan fingerprint density at radius 1 is 1.43 bits per heavy atom. The van der Waals surface area contributed by atoms with Gasteiger partial charge in [0.1, 0.15) is 6.33 Å². The molecule has 2 heterocycles. The second-order valence-corrected chi connectivity index (χ2v) is 4.17. The number of ether oxygens (including phenoxy) is 1. The van der Waals surface area contributed by atoms with Gasteiger partial charge >= 0.3 is 0 Å². The maximum atomic E-state index is 6.05. The molecule has 0 unspecified atom stereocenters. The number of rotatable bonds is 1. The molecule has 14 heavy (non-hydrogen) atoms. The van der Waals surface area contributed by atoms with Crippen molar-refractivity contribution in [2.45, 2.75) is 32.4 Å². The first kappa shape index (κ1) is 9.55. The van der Waals surface area contributed by atoms with E-state index in [1.807, 2.05) is 13.8 Å². The van der Waals surface area contributed by atoms with Gasteiger partial charge in [-0.1, -0.05) is 0 Å². The lowest BCUT2D eigenvalue weighted by Gasteiger charge is -2.25. The van der Waals surface area contributed by atoms with Crippen LogP contribution in [0.1, 0.15) is 30.8 Å².